The fraction of sp³-hybridized carbons (Fsp3) is 0.129. The van der Waals surface area contributed by atoms with Crippen molar-refractivity contribution in [2.24, 2.45) is 0 Å². The van der Waals surface area contributed by atoms with Crippen molar-refractivity contribution < 1.29 is 23.0 Å². The van der Waals surface area contributed by atoms with Gasteiger partial charge >= 0.3 is 6.18 Å². The second-order valence-corrected chi connectivity index (χ2v) is 8.72. The highest BCUT2D eigenvalue weighted by Crippen LogP contribution is 2.42. The van der Waals surface area contributed by atoms with Gasteiger partial charge in [0, 0.05) is 29.3 Å². The van der Waals surface area contributed by atoms with Crippen LogP contribution in [0.4, 0.5) is 13.2 Å². The van der Waals surface area contributed by atoms with E-state index in [-0.39, 0.29) is 12.1 Å². The average Bonchev–Trinajstić information content (AvgIpc) is 2.92. The van der Waals surface area contributed by atoms with Gasteiger partial charge in [-0.1, -0.05) is 78.9 Å². The zero-order chi connectivity index (χ0) is 25.8. The van der Waals surface area contributed by atoms with Crippen molar-refractivity contribution in [3.05, 3.63) is 120 Å². The Morgan fingerprint density at radius 2 is 1.46 bits per heavy atom. The molecule has 0 bridgehead atoms. The summed E-state index contributed by atoms with van der Waals surface area (Å²) in [6.07, 6.45) is -2.40. The number of aliphatic hydroxyl groups excluding tert-OH is 1. The standard InChI is InChI=1S/C31H24F3NO2/c32-31(33,34)28-11-5-10-26-29(27(19-35-30(26)28)23-6-2-1-3-7-23)24-8-4-9-25(18-24)37-20-22-14-12-21(13-15-22)16-17-36/h1-15,18-19,36H,16-17,20H2. The van der Waals surface area contributed by atoms with E-state index in [1.165, 1.54) is 12.3 Å². The average molecular weight is 500 g/mol. The molecule has 0 amide bonds. The lowest BCUT2D eigenvalue weighted by molar-refractivity contribution is -0.136. The van der Waals surface area contributed by atoms with Gasteiger partial charge in [-0.05, 0) is 46.9 Å². The summed E-state index contributed by atoms with van der Waals surface area (Å²) >= 11 is 0. The topological polar surface area (TPSA) is 42.4 Å². The Morgan fingerprint density at radius 1 is 0.757 bits per heavy atom. The van der Waals surface area contributed by atoms with Crippen LogP contribution >= 0.6 is 0 Å². The molecular weight excluding hydrogens is 475 g/mol. The van der Waals surface area contributed by atoms with Gasteiger partial charge in [-0.25, -0.2) is 0 Å². The van der Waals surface area contributed by atoms with Crippen LogP contribution in [-0.2, 0) is 19.2 Å². The Balaban J connectivity index is 1.57. The summed E-state index contributed by atoms with van der Waals surface area (Å²) in [5.41, 5.74) is 4.18. The van der Waals surface area contributed by atoms with Gasteiger partial charge in [0.15, 0.2) is 0 Å². The number of pyridine rings is 1. The van der Waals surface area contributed by atoms with Gasteiger partial charge in [0.2, 0.25) is 0 Å². The van der Waals surface area contributed by atoms with Gasteiger partial charge in [-0.2, -0.15) is 13.2 Å². The smallest absolute Gasteiger partial charge is 0.418 e. The zero-order valence-corrected chi connectivity index (χ0v) is 19.9. The minimum atomic E-state index is -4.52. The van der Waals surface area contributed by atoms with Gasteiger partial charge < -0.3 is 9.84 Å². The first-order valence-electron chi connectivity index (χ1n) is 11.9. The molecular formula is C31H24F3NO2. The van der Waals surface area contributed by atoms with Gasteiger partial charge in [-0.3, -0.25) is 4.98 Å². The number of fused-ring (bicyclic) bond motifs is 1. The first-order valence-corrected chi connectivity index (χ1v) is 11.9. The number of nitrogens with zero attached hydrogens (tertiary/aromatic N) is 1. The molecule has 0 fully saturated rings. The van der Waals surface area contributed by atoms with E-state index >= 15 is 0 Å². The number of aliphatic hydroxyl groups is 1. The van der Waals surface area contributed by atoms with Crippen molar-refractivity contribution in [2.45, 2.75) is 19.2 Å². The van der Waals surface area contributed by atoms with E-state index in [9.17, 15) is 13.2 Å². The molecule has 37 heavy (non-hydrogen) atoms. The fourth-order valence-electron chi connectivity index (χ4n) is 4.44. The number of para-hydroxylation sites is 1. The Kier molecular flexibility index (Phi) is 6.93. The molecule has 0 unspecified atom stereocenters. The molecule has 1 heterocycles. The SMILES string of the molecule is OCCc1ccc(COc2cccc(-c3c(-c4ccccc4)cnc4c(C(F)(F)F)cccc34)c2)cc1. The molecule has 186 valence electrons. The van der Waals surface area contributed by atoms with Crippen LogP contribution in [0.3, 0.4) is 0 Å². The monoisotopic (exact) mass is 499 g/mol. The Morgan fingerprint density at radius 3 is 2.19 bits per heavy atom. The number of hydrogen-bond acceptors (Lipinski definition) is 3. The predicted octanol–water partition coefficient (Wildman–Crippen LogP) is 7.70. The van der Waals surface area contributed by atoms with Crippen LogP contribution in [-0.4, -0.2) is 16.7 Å². The summed E-state index contributed by atoms with van der Waals surface area (Å²) in [7, 11) is 0. The zero-order valence-electron chi connectivity index (χ0n) is 19.9. The van der Waals surface area contributed by atoms with E-state index in [4.69, 9.17) is 9.84 Å². The summed E-state index contributed by atoms with van der Waals surface area (Å²) < 4.78 is 47.4. The van der Waals surface area contributed by atoms with Crippen molar-refractivity contribution in [1.82, 2.24) is 4.98 Å². The molecule has 0 saturated heterocycles. The van der Waals surface area contributed by atoms with Gasteiger partial charge in [-0.15, -0.1) is 0 Å². The maximum absolute atomic E-state index is 13.8. The number of alkyl halides is 3. The molecule has 3 nitrogen and oxygen atoms in total. The Labute approximate surface area is 212 Å². The van der Waals surface area contributed by atoms with Crippen molar-refractivity contribution >= 4 is 10.9 Å². The summed E-state index contributed by atoms with van der Waals surface area (Å²) in [6.45, 7) is 0.436. The molecule has 5 aromatic rings. The molecule has 0 aliphatic rings. The van der Waals surface area contributed by atoms with Crippen LogP contribution in [0.25, 0.3) is 33.2 Å². The summed E-state index contributed by atoms with van der Waals surface area (Å²) in [5, 5.41) is 9.51. The molecule has 6 heteroatoms. The van der Waals surface area contributed by atoms with Gasteiger partial charge in [0.1, 0.15) is 12.4 Å². The second-order valence-electron chi connectivity index (χ2n) is 8.72. The minimum absolute atomic E-state index is 0.0843. The highest BCUT2D eigenvalue weighted by Gasteiger charge is 2.33. The highest BCUT2D eigenvalue weighted by atomic mass is 19.4. The lowest BCUT2D eigenvalue weighted by Gasteiger charge is -2.17. The molecule has 0 aliphatic carbocycles. The molecule has 1 aromatic heterocycles. The van der Waals surface area contributed by atoms with Crippen LogP contribution in [0.15, 0.2) is 103 Å². The van der Waals surface area contributed by atoms with E-state index in [2.05, 4.69) is 4.98 Å². The Bertz CT molecular complexity index is 1510. The molecule has 0 radical (unpaired) electrons. The second kappa shape index (κ2) is 10.4. The molecule has 0 saturated carbocycles. The van der Waals surface area contributed by atoms with Crippen LogP contribution in [0, 0.1) is 0 Å². The molecule has 4 aromatic carbocycles. The molecule has 0 spiro atoms. The highest BCUT2D eigenvalue weighted by molar-refractivity contribution is 6.03. The summed E-state index contributed by atoms with van der Waals surface area (Å²) in [4.78, 5) is 4.26. The third-order valence-corrected chi connectivity index (χ3v) is 6.24. The molecule has 0 atom stereocenters. The number of benzene rings is 4. The number of ether oxygens (including phenoxy) is 1. The third kappa shape index (κ3) is 5.34. The lowest BCUT2D eigenvalue weighted by atomic mass is 9.91. The number of aromatic nitrogens is 1. The maximum atomic E-state index is 13.8. The summed E-state index contributed by atoms with van der Waals surface area (Å²) in [6, 6.07) is 28.9. The predicted molar refractivity (Wildman–Crippen MR) is 139 cm³/mol. The lowest BCUT2D eigenvalue weighted by Crippen LogP contribution is -2.07. The number of hydrogen-bond donors (Lipinski definition) is 1. The van der Waals surface area contributed by atoms with Gasteiger partial charge in [0.05, 0.1) is 11.1 Å². The normalized spacial score (nSPS) is 11.6. The fourth-order valence-corrected chi connectivity index (χ4v) is 4.44. The van der Waals surface area contributed by atoms with Crippen molar-refractivity contribution in [3.63, 3.8) is 0 Å². The van der Waals surface area contributed by atoms with E-state index in [1.807, 2.05) is 78.9 Å². The number of halogens is 3. The Hall–Kier alpha value is -4.16. The van der Waals surface area contributed by atoms with E-state index in [0.717, 1.165) is 33.9 Å². The van der Waals surface area contributed by atoms with Gasteiger partial charge in [0.25, 0.3) is 0 Å². The molecule has 5 rings (SSSR count). The summed E-state index contributed by atoms with van der Waals surface area (Å²) in [5.74, 6) is 0.605. The molecule has 0 aliphatic heterocycles. The van der Waals surface area contributed by atoms with Crippen molar-refractivity contribution in [3.8, 4) is 28.0 Å². The largest absolute Gasteiger partial charge is 0.489 e. The first kappa shape index (κ1) is 24.5. The van der Waals surface area contributed by atoms with Crippen LogP contribution in [0.1, 0.15) is 16.7 Å². The number of rotatable bonds is 7. The quantitative estimate of drug-likeness (QED) is 0.249. The minimum Gasteiger partial charge on any atom is -0.489 e. The van der Waals surface area contributed by atoms with Crippen molar-refractivity contribution in [1.29, 1.82) is 0 Å². The van der Waals surface area contributed by atoms with E-state index < -0.39 is 11.7 Å². The van der Waals surface area contributed by atoms with Crippen LogP contribution < -0.4 is 4.74 Å². The van der Waals surface area contributed by atoms with E-state index in [1.54, 1.807) is 6.07 Å². The van der Waals surface area contributed by atoms with Crippen LogP contribution in [0.5, 0.6) is 5.75 Å². The van der Waals surface area contributed by atoms with Crippen molar-refractivity contribution in [2.75, 3.05) is 6.61 Å². The van der Waals surface area contributed by atoms with E-state index in [0.29, 0.717) is 29.7 Å². The maximum Gasteiger partial charge on any atom is 0.418 e. The van der Waals surface area contributed by atoms with Crippen LogP contribution in [0.2, 0.25) is 0 Å². The molecule has 1 N–H and O–H groups in total. The third-order valence-electron chi connectivity index (χ3n) is 6.24. The first-order chi connectivity index (χ1) is 17.9.